The third-order valence-electron chi connectivity index (χ3n) is 5.21. The molecular formula is C27H19N5O4S. The van der Waals surface area contributed by atoms with Gasteiger partial charge in [0, 0.05) is 28.8 Å². The molecule has 3 aromatic carbocycles. The number of benzene rings is 3. The lowest BCUT2D eigenvalue weighted by molar-refractivity contribution is -0.384. The van der Waals surface area contributed by atoms with Crippen molar-refractivity contribution in [2.45, 2.75) is 5.03 Å². The van der Waals surface area contributed by atoms with Crippen LogP contribution < -0.4 is 5.43 Å². The fourth-order valence-corrected chi connectivity index (χ4v) is 4.23. The molecule has 0 unspecified atom stereocenters. The highest BCUT2D eigenvalue weighted by Gasteiger charge is 2.17. The van der Waals surface area contributed by atoms with Crippen LogP contribution in [0.25, 0.3) is 22.4 Å². The molecule has 4 rings (SSSR count). The zero-order chi connectivity index (χ0) is 26.2. The Balaban J connectivity index is 1.56. The van der Waals surface area contributed by atoms with Crippen LogP contribution in [0.5, 0.6) is 5.75 Å². The summed E-state index contributed by atoms with van der Waals surface area (Å²) in [6.07, 6.45) is 1.12. The average Bonchev–Trinajstić information content (AvgIpc) is 2.93. The molecule has 2 N–H and O–H groups in total. The number of aromatic nitrogens is 1. The second kappa shape index (κ2) is 11.6. The Morgan fingerprint density at radius 1 is 1.08 bits per heavy atom. The molecular weight excluding hydrogens is 490 g/mol. The van der Waals surface area contributed by atoms with Crippen LogP contribution in [0.1, 0.15) is 11.1 Å². The minimum absolute atomic E-state index is 0.0821. The third-order valence-corrected chi connectivity index (χ3v) is 6.18. The van der Waals surface area contributed by atoms with Crippen LogP contribution in [0, 0.1) is 21.4 Å². The highest BCUT2D eigenvalue weighted by molar-refractivity contribution is 8.00. The normalized spacial score (nSPS) is 10.7. The number of non-ortho nitro benzene ring substituents is 1. The van der Waals surface area contributed by atoms with Gasteiger partial charge in [0.15, 0.2) is 0 Å². The number of hydrogen-bond donors (Lipinski definition) is 2. The number of hydrazone groups is 1. The van der Waals surface area contributed by atoms with Crippen LogP contribution in [0.15, 0.2) is 95.1 Å². The van der Waals surface area contributed by atoms with E-state index in [1.165, 1.54) is 6.07 Å². The molecule has 9 nitrogen and oxygen atoms in total. The Hall–Kier alpha value is -5.01. The number of nitro benzene ring substituents is 1. The van der Waals surface area contributed by atoms with Gasteiger partial charge in [-0.1, -0.05) is 72.4 Å². The zero-order valence-electron chi connectivity index (χ0n) is 19.2. The number of carbonyl (C=O) groups excluding carboxylic acids is 1. The van der Waals surface area contributed by atoms with E-state index in [0.29, 0.717) is 21.8 Å². The topological polar surface area (TPSA) is 142 Å². The number of rotatable bonds is 8. The van der Waals surface area contributed by atoms with Crippen molar-refractivity contribution in [1.82, 2.24) is 10.4 Å². The number of phenols is 1. The van der Waals surface area contributed by atoms with Gasteiger partial charge >= 0.3 is 0 Å². The van der Waals surface area contributed by atoms with Crippen molar-refractivity contribution in [3.63, 3.8) is 0 Å². The Morgan fingerprint density at radius 2 is 1.76 bits per heavy atom. The molecule has 10 heteroatoms. The van der Waals surface area contributed by atoms with E-state index in [4.69, 9.17) is 0 Å². The number of hydrogen-bond acceptors (Lipinski definition) is 8. The summed E-state index contributed by atoms with van der Waals surface area (Å²) in [7, 11) is 0. The number of nitro groups is 1. The van der Waals surface area contributed by atoms with Crippen LogP contribution in [0.3, 0.4) is 0 Å². The Kier molecular flexibility index (Phi) is 7.88. The molecule has 1 heterocycles. The summed E-state index contributed by atoms with van der Waals surface area (Å²) < 4.78 is 0. The van der Waals surface area contributed by atoms with Crippen molar-refractivity contribution in [3.8, 4) is 34.2 Å². The highest BCUT2D eigenvalue weighted by Crippen LogP contribution is 2.34. The summed E-state index contributed by atoms with van der Waals surface area (Å²) >= 11 is 1.09. The van der Waals surface area contributed by atoms with Gasteiger partial charge in [-0.05, 0) is 17.7 Å². The number of phenolic OH excluding ortho intramolecular Hbond substituents is 1. The fraction of sp³-hybridized carbons (Fsp3) is 0.0370. The molecule has 0 aliphatic rings. The molecule has 37 heavy (non-hydrogen) atoms. The second-order valence-corrected chi connectivity index (χ2v) is 8.63. The van der Waals surface area contributed by atoms with E-state index in [9.17, 15) is 25.3 Å². The summed E-state index contributed by atoms with van der Waals surface area (Å²) in [6.45, 7) is 0. The van der Waals surface area contributed by atoms with E-state index >= 15 is 0 Å². The largest absolute Gasteiger partial charge is 0.507 e. The minimum Gasteiger partial charge on any atom is -0.507 e. The maximum Gasteiger partial charge on any atom is 0.270 e. The summed E-state index contributed by atoms with van der Waals surface area (Å²) in [4.78, 5) is 27.4. The first-order valence-corrected chi connectivity index (χ1v) is 11.9. The number of nitrogens with one attached hydrogen (secondary N) is 1. The SMILES string of the molecule is N#Cc1c(-c2ccccc2)cc(-c2ccccc2)nc1SCC(=O)N/N=C/c1cc([N+](=O)[O-])ccc1O. The molecule has 0 bridgehead atoms. The molecule has 0 aliphatic heterocycles. The van der Waals surface area contributed by atoms with Gasteiger partial charge in [-0.25, -0.2) is 10.4 Å². The molecule has 0 fully saturated rings. The maximum atomic E-state index is 12.4. The molecule has 1 amide bonds. The van der Waals surface area contributed by atoms with Crippen LogP contribution in [0.2, 0.25) is 0 Å². The summed E-state index contributed by atoms with van der Waals surface area (Å²) in [5, 5.41) is 34.9. The number of nitriles is 1. The van der Waals surface area contributed by atoms with Gasteiger partial charge < -0.3 is 5.11 Å². The molecule has 4 aromatic rings. The number of aromatic hydroxyl groups is 1. The van der Waals surface area contributed by atoms with Crippen LogP contribution in [-0.4, -0.2) is 32.9 Å². The van der Waals surface area contributed by atoms with Crippen LogP contribution in [-0.2, 0) is 4.79 Å². The quantitative estimate of drug-likeness (QED) is 0.145. The molecule has 1 aromatic heterocycles. The van der Waals surface area contributed by atoms with Crippen molar-refractivity contribution in [1.29, 1.82) is 5.26 Å². The third kappa shape index (κ3) is 6.17. The smallest absolute Gasteiger partial charge is 0.270 e. The number of amides is 1. The first-order valence-electron chi connectivity index (χ1n) is 10.9. The van der Waals surface area contributed by atoms with Crippen molar-refractivity contribution in [2.24, 2.45) is 5.10 Å². The van der Waals surface area contributed by atoms with Gasteiger partial charge in [0.1, 0.15) is 16.8 Å². The van der Waals surface area contributed by atoms with Crippen molar-refractivity contribution < 1.29 is 14.8 Å². The van der Waals surface area contributed by atoms with E-state index in [2.05, 4.69) is 21.6 Å². The van der Waals surface area contributed by atoms with Crippen molar-refractivity contribution in [3.05, 3.63) is 106 Å². The van der Waals surface area contributed by atoms with Gasteiger partial charge in [0.2, 0.25) is 5.91 Å². The van der Waals surface area contributed by atoms with E-state index in [1.54, 1.807) is 0 Å². The van der Waals surface area contributed by atoms with E-state index in [0.717, 1.165) is 41.2 Å². The van der Waals surface area contributed by atoms with E-state index < -0.39 is 10.8 Å². The molecule has 0 saturated heterocycles. The molecule has 0 aliphatic carbocycles. The lowest BCUT2D eigenvalue weighted by atomic mass is 9.99. The lowest BCUT2D eigenvalue weighted by Crippen LogP contribution is -2.19. The Morgan fingerprint density at radius 3 is 2.41 bits per heavy atom. The molecule has 0 saturated carbocycles. The van der Waals surface area contributed by atoms with Crippen molar-refractivity contribution >= 4 is 29.6 Å². The first-order chi connectivity index (χ1) is 18.0. The monoisotopic (exact) mass is 509 g/mol. The molecule has 0 atom stereocenters. The molecule has 0 spiro atoms. The Labute approximate surface area is 216 Å². The molecule has 182 valence electrons. The summed E-state index contributed by atoms with van der Waals surface area (Å²) in [5.41, 5.74) is 5.64. The molecule has 0 radical (unpaired) electrons. The predicted molar refractivity (Wildman–Crippen MR) is 141 cm³/mol. The highest BCUT2D eigenvalue weighted by atomic mass is 32.2. The van der Waals surface area contributed by atoms with Gasteiger partial charge in [-0.2, -0.15) is 10.4 Å². The fourth-order valence-electron chi connectivity index (χ4n) is 3.44. The number of carbonyl (C=O) groups is 1. The summed E-state index contributed by atoms with van der Waals surface area (Å²) in [5.74, 6) is -0.790. The average molecular weight is 510 g/mol. The zero-order valence-corrected chi connectivity index (χ0v) is 20.1. The van der Waals surface area contributed by atoms with Crippen LogP contribution >= 0.6 is 11.8 Å². The van der Waals surface area contributed by atoms with E-state index in [1.807, 2.05) is 66.7 Å². The summed E-state index contributed by atoms with van der Waals surface area (Å²) in [6, 6.07) is 26.6. The number of pyridine rings is 1. The Bertz CT molecular complexity index is 1520. The minimum atomic E-state index is -0.598. The predicted octanol–water partition coefficient (Wildman–Crippen LogP) is 5.14. The van der Waals surface area contributed by atoms with Gasteiger partial charge in [-0.3, -0.25) is 14.9 Å². The van der Waals surface area contributed by atoms with Gasteiger partial charge in [0.25, 0.3) is 5.69 Å². The van der Waals surface area contributed by atoms with Gasteiger partial charge in [-0.15, -0.1) is 0 Å². The number of nitrogens with zero attached hydrogens (tertiary/aromatic N) is 4. The lowest BCUT2D eigenvalue weighted by Gasteiger charge is -2.12. The van der Waals surface area contributed by atoms with Crippen LogP contribution in [0.4, 0.5) is 5.69 Å². The van der Waals surface area contributed by atoms with E-state index in [-0.39, 0.29) is 22.8 Å². The van der Waals surface area contributed by atoms with Crippen molar-refractivity contribution in [2.75, 3.05) is 5.75 Å². The second-order valence-electron chi connectivity index (χ2n) is 7.66. The first kappa shape index (κ1) is 25.1. The standard InChI is InChI=1S/C27H19N5O4S/c28-15-23-22(18-7-3-1-4-8-18)14-24(19-9-5-2-6-10-19)30-27(23)37-17-26(34)31-29-16-20-13-21(32(35)36)11-12-25(20)33/h1-14,16,33H,17H2,(H,31,34)/b29-16+. The van der Waals surface area contributed by atoms with Gasteiger partial charge in [0.05, 0.1) is 28.1 Å². The maximum absolute atomic E-state index is 12.4. The number of thioether (sulfide) groups is 1.